The number of aliphatic imine (C=N–C) groups is 1. The third kappa shape index (κ3) is 4.86. The Labute approximate surface area is 158 Å². The molecule has 7 nitrogen and oxygen atoms in total. The van der Waals surface area contributed by atoms with Gasteiger partial charge >= 0.3 is 0 Å². The second-order valence-electron chi connectivity index (χ2n) is 7.33. The average molecular weight is 390 g/mol. The maximum Gasteiger partial charge on any atom is 0.166 e. The van der Waals surface area contributed by atoms with E-state index in [1.807, 2.05) is 12.1 Å². The van der Waals surface area contributed by atoms with E-state index in [0.29, 0.717) is 12.6 Å². The second-order valence-corrected chi connectivity index (χ2v) is 14.1. The van der Waals surface area contributed by atoms with Gasteiger partial charge in [-0.2, -0.15) is 5.10 Å². The Hall–Kier alpha value is -1.84. The number of pyridine rings is 1. The van der Waals surface area contributed by atoms with Crippen molar-refractivity contribution in [2.24, 2.45) is 4.99 Å². The first-order valence-electron chi connectivity index (χ1n) is 8.53. The first-order chi connectivity index (χ1) is 12.5. The fourth-order valence-electron chi connectivity index (χ4n) is 2.41. The van der Waals surface area contributed by atoms with Crippen LogP contribution in [0.15, 0.2) is 35.8 Å². The lowest BCUT2D eigenvalue weighted by Crippen LogP contribution is -2.22. The molecular formula is C17H23N5O2SSi. The molecule has 2 aromatic heterocycles. The number of nitrogens with zero attached hydrogens (tertiary/aromatic N) is 5. The van der Waals surface area contributed by atoms with Crippen molar-refractivity contribution in [1.82, 2.24) is 19.7 Å². The fraction of sp³-hybridized carbons (Fsp3) is 0.471. The molecule has 2 unspecified atom stereocenters. The first-order valence-corrected chi connectivity index (χ1v) is 13.1. The molecule has 0 spiro atoms. The van der Waals surface area contributed by atoms with Gasteiger partial charge in [-0.05, 0) is 18.2 Å². The molecule has 9 heteroatoms. The number of aromatic nitrogens is 4. The number of aldehydes is 1. The molecule has 3 heterocycles. The third-order valence-corrected chi connectivity index (χ3v) is 6.92. The minimum Gasteiger partial charge on any atom is -0.359 e. The molecule has 0 N–H and O–H groups in total. The van der Waals surface area contributed by atoms with E-state index < -0.39 is 14.1 Å². The van der Waals surface area contributed by atoms with Crippen LogP contribution in [0.2, 0.25) is 25.7 Å². The van der Waals surface area contributed by atoms with E-state index in [4.69, 9.17) is 4.74 Å². The van der Waals surface area contributed by atoms with Crippen LogP contribution >= 0.6 is 11.8 Å². The summed E-state index contributed by atoms with van der Waals surface area (Å²) in [6.45, 7) is 8.07. The van der Waals surface area contributed by atoms with Crippen molar-refractivity contribution in [2.45, 2.75) is 43.7 Å². The van der Waals surface area contributed by atoms with E-state index in [9.17, 15) is 4.79 Å². The summed E-state index contributed by atoms with van der Waals surface area (Å²) in [5.74, 6) is 0.605. The molecule has 0 aromatic carbocycles. The quantitative estimate of drug-likeness (QED) is 0.392. The van der Waals surface area contributed by atoms with Gasteiger partial charge in [0.15, 0.2) is 5.82 Å². The summed E-state index contributed by atoms with van der Waals surface area (Å²) < 4.78 is 7.37. The molecule has 0 saturated heterocycles. The number of thioether (sulfide) groups is 1. The standard InChI is InChI=1S/C17H23N5O2SSi/c1-26(2,3)9-8-24-12-22-11-19-16(21-22)15-14(10-23)20-17(25-15)13-4-6-18-7-5-13/h4-7,10-11,14-15H,8-9,12H2,1-3H3. The minimum absolute atomic E-state index is 0.209. The van der Waals surface area contributed by atoms with Crippen LogP contribution in [0.5, 0.6) is 0 Å². The number of ether oxygens (including phenoxy) is 1. The van der Waals surface area contributed by atoms with Gasteiger partial charge in [-0.25, -0.2) is 9.67 Å². The molecule has 0 amide bonds. The molecule has 2 atom stereocenters. The highest BCUT2D eigenvalue weighted by atomic mass is 32.2. The minimum atomic E-state index is -1.10. The van der Waals surface area contributed by atoms with Crippen LogP contribution in [-0.4, -0.2) is 51.8 Å². The number of carbonyl (C=O) groups excluding carboxylic acids is 1. The van der Waals surface area contributed by atoms with E-state index in [1.54, 1.807) is 23.4 Å². The first kappa shape index (κ1) is 18.9. The summed E-state index contributed by atoms with van der Waals surface area (Å²) in [6.07, 6.45) is 5.94. The van der Waals surface area contributed by atoms with Gasteiger partial charge < -0.3 is 9.53 Å². The molecule has 138 valence electrons. The number of hydrogen-bond acceptors (Lipinski definition) is 7. The Morgan fingerprint density at radius 3 is 2.77 bits per heavy atom. The Balaban J connectivity index is 1.61. The van der Waals surface area contributed by atoms with E-state index >= 15 is 0 Å². The molecular weight excluding hydrogens is 366 g/mol. The Morgan fingerprint density at radius 2 is 2.08 bits per heavy atom. The van der Waals surface area contributed by atoms with E-state index in [-0.39, 0.29) is 5.25 Å². The van der Waals surface area contributed by atoms with Crippen LogP contribution in [0.1, 0.15) is 16.6 Å². The van der Waals surface area contributed by atoms with Crippen molar-refractivity contribution in [3.05, 3.63) is 42.2 Å². The highest BCUT2D eigenvalue weighted by molar-refractivity contribution is 8.15. The van der Waals surface area contributed by atoms with Gasteiger partial charge in [-0.15, -0.1) is 0 Å². The van der Waals surface area contributed by atoms with Crippen molar-refractivity contribution in [3.63, 3.8) is 0 Å². The molecule has 3 rings (SSSR count). The molecule has 0 radical (unpaired) electrons. The highest BCUT2D eigenvalue weighted by Gasteiger charge is 2.34. The number of hydrogen-bond donors (Lipinski definition) is 0. The molecule has 26 heavy (non-hydrogen) atoms. The molecule has 2 aromatic rings. The lowest BCUT2D eigenvalue weighted by atomic mass is 10.2. The van der Waals surface area contributed by atoms with Crippen LogP contribution in [0.4, 0.5) is 0 Å². The second kappa shape index (κ2) is 8.23. The van der Waals surface area contributed by atoms with Crippen LogP contribution in [0.3, 0.4) is 0 Å². The van der Waals surface area contributed by atoms with Gasteiger partial charge in [0.2, 0.25) is 0 Å². The van der Waals surface area contributed by atoms with Crippen molar-refractivity contribution in [2.75, 3.05) is 6.61 Å². The van der Waals surface area contributed by atoms with E-state index in [1.165, 1.54) is 11.8 Å². The van der Waals surface area contributed by atoms with E-state index in [0.717, 1.165) is 29.5 Å². The predicted molar refractivity (Wildman–Crippen MR) is 105 cm³/mol. The van der Waals surface area contributed by atoms with Crippen molar-refractivity contribution >= 4 is 31.2 Å². The van der Waals surface area contributed by atoms with E-state index in [2.05, 4.69) is 39.7 Å². The number of rotatable bonds is 8. The monoisotopic (exact) mass is 389 g/mol. The summed E-state index contributed by atoms with van der Waals surface area (Å²) in [6, 6.07) is 4.40. The summed E-state index contributed by atoms with van der Waals surface area (Å²) in [7, 11) is -1.10. The molecule has 1 aliphatic heterocycles. The Morgan fingerprint density at radius 1 is 1.31 bits per heavy atom. The van der Waals surface area contributed by atoms with Gasteiger partial charge in [0.05, 0.1) is 5.04 Å². The fourth-order valence-corrected chi connectivity index (χ4v) is 4.34. The highest BCUT2D eigenvalue weighted by Crippen LogP contribution is 2.39. The maximum atomic E-state index is 11.5. The van der Waals surface area contributed by atoms with Crippen molar-refractivity contribution < 1.29 is 9.53 Å². The average Bonchev–Trinajstić information content (AvgIpc) is 3.25. The van der Waals surface area contributed by atoms with Gasteiger partial charge in [0.25, 0.3) is 0 Å². The summed E-state index contributed by atoms with van der Waals surface area (Å²) in [4.78, 5) is 24.4. The Bertz CT molecular complexity index is 775. The zero-order chi connectivity index (χ0) is 18.6. The lowest BCUT2D eigenvalue weighted by molar-refractivity contribution is -0.108. The normalized spacial score (nSPS) is 20.2. The largest absolute Gasteiger partial charge is 0.359 e. The van der Waals surface area contributed by atoms with Gasteiger partial charge in [0, 0.05) is 32.6 Å². The summed E-state index contributed by atoms with van der Waals surface area (Å²) in [5, 5.41) is 5.09. The SMILES string of the molecule is C[Si](C)(C)CCOCn1cnc(C2SC(c3ccncc3)=NC2C=O)n1. The zero-order valence-corrected chi connectivity index (χ0v) is 17.0. The zero-order valence-electron chi connectivity index (χ0n) is 15.2. The molecule has 0 saturated carbocycles. The van der Waals surface area contributed by atoms with Gasteiger partial charge in [-0.3, -0.25) is 9.98 Å². The van der Waals surface area contributed by atoms with Crippen LogP contribution < -0.4 is 0 Å². The summed E-state index contributed by atoms with van der Waals surface area (Å²) in [5.41, 5.74) is 0.952. The molecule has 0 bridgehead atoms. The van der Waals surface area contributed by atoms with Crippen LogP contribution in [0, 0.1) is 0 Å². The Kier molecular flexibility index (Phi) is 6.00. The van der Waals surface area contributed by atoms with Gasteiger partial charge in [0.1, 0.15) is 30.6 Å². The molecule has 1 aliphatic rings. The number of carbonyl (C=O) groups is 1. The molecule has 0 fully saturated rings. The van der Waals surface area contributed by atoms with Crippen molar-refractivity contribution in [1.29, 1.82) is 0 Å². The molecule has 0 aliphatic carbocycles. The third-order valence-electron chi connectivity index (χ3n) is 3.91. The maximum absolute atomic E-state index is 11.5. The predicted octanol–water partition coefficient (Wildman–Crippen LogP) is 2.79. The smallest absolute Gasteiger partial charge is 0.166 e. The van der Waals surface area contributed by atoms with Gasteiger partial charge in [-0.1, -0.05) is 31.4 Å². The lowest BCUT2D eigenvalue weighted by Gasteiger charge is -2.15. The van der Waals surface area contributed by atoms with Crippen molar-refractivity contribution in [3.8, 4) is 0 Å². The summed E-state index contributed by atoms with van der Waals surface area (Å²) >= 11 is 1.51. The topological polar surface area (TPSA) is 82.3 Å². The van der Waals surface area contributed by atoms with Crippen LogP contribution in [-0.2, 0) is 16.3 Å². The van der Waals surface area contributed by atoms with Crippen LogP contribution in [0.25, 0.3) is 0 Å².